The lowest BCUT2D eigenvalue weighted by Gasteiger charge is -2.15. The van der Waals surface area contributed by atoms with Crippen molar-refractivity contribution < 1.29 is 9.50 Å². The van der Waals surface area contributed by atoms with Crippen LogP contribution in [0.15, 0.2) is 24.3 Å². The van der Waals surface area contributed by atoms with Gasteiger partial charge in [0.15, 0.2) is 0 Å². The van der Waals surface area contributed by atoms with Crippen LogP contribution in [0.1, 0.15) is 32.3 Å². The summed E-state index contributed by atoms with van der Waals surface area (Å²) in [6, 6.07) is 6.63. The molecule has 0 radical (unpaired) electrons. The van der Waals surface area contributed by atoms with Crippen molar-refractivity contribution in [2.24, 2.45) is 5.92 Å². The summed E-state index contributed by atoms with van der Waals surface area (Å²) in [6.45, 7) is 4.20. The number of aliphatic hydroxyl groups excluding tert-OH is 1. The third-order valence-electron chi connectivity index (χ3n) is 2.78. The van der Waals surface area contributed by atoms with Crippen molar-refractivity contribution in [2.75, 3.05) is 0 Å². The Morgan fingerprint density at radius 3 is 2.60 bits per heavy atom. The molecule has 2 unspecified atom stereocenters. The van der Waals surface area contributed by atoms with Crippen molar-refractivity contribution in [3.8, 4) is 0 Å². The maximum atomic E-state index is 13.3. The number of hydrogen-bond donors (Lipinski definition) is 1. The lowest BCUT2D eigenvalue weighted by Crippen LogP contribution is -2.15. The van der Waals surface area contributed by atoms with E-state index in [1.807, 2.05) is 0 Å². The zero-order valence-electron chi connectivity index (χ0n) is 9.41. The number of aliphatic hydroxyl groups is 1. The van der Waals surface area contributed by atoms with Crippen LogP contribution in [0, 0.1) is 11.7 Å². The summed E-state index contributed by atoms with van der Waals surface area (Å²) < 4.78 is 13.3. The molecule has 0 bridgehead atoms. The molecule has 1 rings (SSSR count). The van der Waals surface area contributed by atoms with E-state index in [0.29, 0.717) is 17.9 Å². The summed E-state index contributed by atoms with van der Waals surface area (Å²) in [7, 11) is 0. The molecule has 1 aromatic rings. The molecule has 84 valence electrons. The summed E-state index contributed by atoms with van der Waals surface area (Å²) in [5.41, 5.74) is 0.605. The molecule has 1 N–H and O–H groups in total. The Hall–Kier alpha value is -0.890. The Morgan fingerprint density at radius 1 is 1.33 bits per heavy atom. The zero-order chi connectivity index (χ0) is 11.3. The summed E-state index contributed by atoms with van der Waals surface area (Å²) in [5, 5.41) is 9.76. The second-order valence-corrected chi connectivity index (χ2v) is 4.20. The van der Waals surface area contributed by atoms with Crippen LogP contribution < -0.4 is 0 Å². The van der Waals surface area contributed by atoms with Crippen LogP contribution in [0.3, 0.4) is 0 Å². The summed E-state index contributed by atoms with van der Waals surface area (Å²) in [5.74, 6) is 0.271. The Balaban J connectivity index is 2.51. The fourth-order valence-corrected chi connectivity index (χ4v) is 1.63. The predicted molar refractivity (Wildman–Crippen MR) is 60.2 cm³/mol. The zero-order valence-corrected chi connectivity index (χ0v) is 9.41. The van der Waals surface area contributed by atoms with Gasteiger partial charge in [0.1, 0.15) is 5.82 Å². The molecule has 0 saturated heterocycles. The van der Waals surface area contributed by atoms with Gasteiger partial charge in [-0.3, -0.25) is 0 Å². The van der Waals surface area contributed by atoms with E-state index in [2.05, 4.69) is 13.8 Å². The fourth-order valence-electron chi connectivity index (χ4n) is 1.63. The average molecular weight is 210 g/mol. The van der Waals surface area contributed by atoms with Crippen molar-refractivity contribution in [3.05, 3.63) is 35.6 Å². The van der Waals surface area contributed by atoms with Gasteiger partial charge >= 0.3 is 0 Å². The van der Waals surface area contributed by atoms with Crippen LogP contribution in [-0.4, -0.2) is 11.2 Å². The quantitative estimate of drug-likeness (QED) is 0.791. The molecular formula is C13H19FO. The molecule has 2 atom stereocenters. The highest BCUT2D eigenvalue weighted by Crippen LogP contribution is 2.15. The highest BCUT2D eigenvalue weighted by molar-refractivity contribution is 5.17. The van der Waals surface area contributed by atoms with Crippen molar-refractivity contribution >= 4 is 0 Å². The molecule has 0 saturated carbocycles. The van der Waals surface area contributed by atoms with E-state index in [1.165, 1.54) is 6.07 Å². The first-order valence-corrected chi connectivity index (χ1v) is 5.55. The van der Waals surface area contributed by atoms with Gasteiger partial charge in [-0.15, -0.1) is 0 Å². The van der Waals surface area contributed by atoms with E-state index >= 15 is 0 Å². The molecule has 0 aliphatic carbocycles. The lowest BCUT2D eigenvalue weighted by molar-refractivity contribution is 0.143. The van der Waals surface area contributed by atoms with E-state index in [1.54, 1.807) is 18.2 Å². The summed E-state index contributed by atoms with van der Waals surface area (Å²) >= 11 is 0. The van der Waals surface area contributed by atoms with E-state index in [4.69, 9.17) is 0 Å². The Labute approximate surface area is 90.9 Å². The van der Waals surface area contributed by atoms with Gasteiger partial charge in [-0.25, -0.2) is 4.39 Å². The maximum Gasteiger partial charge on any atom is 0.126 e. The highest BCUT2D eigenvalue weighted by atomic mass is 19.1. The van der Waals surface area contributed by atoms with Crippen LogP contribution in [0.2, 0.25) is 0 Å². The second-order valence-electron chi connectivity index (χ2n) is 4.20. The fraction of sp³-hybridized carbons (Fsp3) is 0.538. The van der Waals surface area contributed by atoms with Crippen LogP contribution >= 0.6 is 0 Å². The first-order valence-electron chi connectivity index (χ1n) is 5.55. The van der Waals surface area contributed by atoms with Crippen molar-refractivity contribution in [1.82, 2.24) is 0 Å². The van der Waals surface area contributed by atoms with Gasteiger partial charge in [0.05, 0.1) is 6.10 Å². The van der Waals surface area contributed by atoms with E-state index in [-0.39, 0.29) is 5.82 Å². The number of hydrogen-bond acceptors (Lipinski definition) is 1. The van der Waals surface area contributed by atoms with Gasteiger partial charge < -0.3 is 5.11 Å². The molecular weight excluding hydrogens is 191 g/mol. The molecule has 0 heterocycles. The second kappa shape index (κ2) is 5.86. The van der Waals surface area contributed by atoms with Gasteiger partial charge in [0, 0.05) is 6.42 Å². The molecule has 1 aromatic carbocycles. The number of benzene rings is 1. The van der Waals surface area contributed by atoms with Crippen LogP contribution in [0.5, 0.6) is 0 Å². The van der Waals surface area contributed by atoms with E-state index in [0.717, 1.165) is 12.8 Å². The number of rotatable bonds is 5. The molecule has 0 aliphatic heterocycles. The van der Waals surface area contributed by atoms with E-state index < -0.39 is 6.10 Å². The molecule has 1 nitrogen and oxygen atoms in total. The molecule has 0 aromatic heterocycles. The Bertz CT molecular complexity index is 298. The normalized spacial score (nSPS) is 14.9. The minimum absolute atomic E-state index is 0.222. The van der Waals surface area contributed by atoms with Gasteiger partial charge in [-0.2, -0.15) is 0 Å². The Morgan fingerprint density at radius 2 is 2.00 bits per heavy atom. The van der Waals surface area contributed by atoms with Crippen molar-refractivity contribution in [3.63, 3.8) is 0 Å². The minimum atomic E-state index is -0.433. The molecule has 0 aliphatic rings. The predicted octanol–water partition coefficient (Wildman–Crippen LogP) is 3.17. The largest absolute Gasteiger partial charge is 0.393 e. The van der Waals surface area contributed by atoms with Gasteiger partial charge in [0.25, 0.3) is 0 Å². The molecule has 0 spiro atoms. The lowest BCUT2D eigenvalue weighted by atomic mass is 9.96. The monoisotopic (exact) mass is 210 g/mol. The standard InChI is InChI=1S/C13H19FO/c1-3-10(2)8-12(15)9-11-6-4-5-7-13(11)14/h4-7,10,12,15H,3,8-9H2,1-2H3. The summed E-state index contributed by atoms with van der Waals surface area (Å²) in [6.07, 6.45) is 1.77. The number of halogens is 1. The average Bonchev–Trinajstić information content (AvgIpc) is 2.21. The molecule has 15 heavy (non-hydrogen) atoms. The third-order valence-corrected chi connectivity index (χ3v) is 2.78. The van der Waals surface area contributed by atoms with Crippen LogP contribution in [0.4, 0.5) is 4.39 Å². The highest BCUT2D eigenvalue weighted by Gasteiger charge is 2.11. The maximum absolute atomic E-state index is 13.3. The third kappa shape index (κ3) is 4.00. The van der Waals surface area contributed by atoms with Gasteiger partial charge in [-0.05, 0) is 24.0 Å². The van der Waals surface area contributed by atoms with E-state index in [9.17, 15) is 9.50 Å². The molecule has 0 fully saturated rings. The summed E-state index contributed by atoms with van der Waals surface area (Å²) in [4.78, 5) is 0. The minimum Gasteiger partial charge on any atom is -0.393 e. The first-order chi connectivity index (χ1) is 7.13. The topological polar surface area (TPSA) is 20.2 Å². The van der Waals surface area contributed by atoms with Crippen LogP contribution in [-0.2, 0) is 6.42 Å². The van der Waals surface area contributed by atoms with Gasteiger partial charge in [-0.1, -0.05) is 38.5 Å². The molecule has 2 heteroatoms. The Kier molecular flexibility index (Phi) is 4.76. The SMILES string of the molecule is CCC(C)CC(O)Cc1ccccc1F. The van der Waals surface area contributed by atoms with Crippen LogP contribution in [0.25, 0.3) is 0 Å². The van der Waals surface area contributed by atoms with Crippen molar-refractivity contribution in [2.45, 2.75) is 39.2 Å². The van der Waals surface area contributed by atoms with Gasteiger partial charge in [0.2, 0.25) is 0 Å². The van der Waals surface area contributed by atoms with Crippen molar-refractivity contribution in [1.29, 1.82) is 0 Å². The molecule has 0 amide bonds. The smallest absolute Gasteiger partial charge is 0.126 e. The first kappa shape index (κ1) is 12.2.